The Balaban J connectivity index is 2.13. The molecule has 0 aromatic heterocycles. The Hall–Kier alpha value is -1.02. The van der Waals surface area contributed by atoms with E-state index in [1.165, 1.54) is 11.1 Å². The van der Waals surface area contributed by atoms with Crippen molar-refractivity contribution in [3.63, 3.8) is 0 Å². The second kappa shape index (κ2) is 3.49. The summed E-state index contributed by atoms with van der Waals surface area (Å²) in [4.78, 5) is 0. The van der Waals surface area contributed by atoms with Gasteiger partial charge in [0.15, 0.2) is 0 Å². The summed E-state index contributed by atoms with van der Waals surface area (Å²) < 4.78 is 0. The molecule has 1 saturated carbocycles. The minimum Gasteiger partial charge on any atom is -0.508 e. The van der Waals surface area contributed by atoms with E-state index in [2.05, 4.69) is 13.0 Å². The fourth-order valence-electron chi connectivity index (χ4n) is 3.89. The van der Waals surface area contributed by atoms with Gasteiger partial charge in [-0.1, -0.05) is 13.0 Å². The predicted octanol–water partition coefficient (Wildman–Crippen LogP) is 2.89. The van der Waals surface area contributed by atoms with Gasteiger partial charge in [-0.25, -0.2) is 0 Å². The normalized spacial score (nSPS) is 35.5. The molecule has 1 fully saturated rings. The molecule has 0 amide bonds. The monoisotopic (exact) mass is 232 g/mol. The summed E-state index contributed by atoms with van der Waals surface area (Å²) >= 11 is 0. The molecule has 2 N–H and O–H groups in total. The highest BCUT2D eigenvalue weighted by molar-refractivity contribution is 5.47. The average molecular weight is 232 g/mol. The van der Waals surface area contributed by atoms with Crippen molar-refractivity contribution in [1.29, 1.82) is 0 Å². The van der Waals surface area contributed by atoms with Crippen LogP contribution in [0.25, 0.3) is 0 Å². The molecule has 2 aliphatic carbocycles. The number of phenols is 1. The van der Waals surface area contributed by atoms with E-state index < -0.39 is 0 Å². The molecule has 2 nitrogen and oxygen atoms in total. The minimum absolute atomic E-state index is 0.0520. The summed E-state index contributed by atoms with van der Waals surface area (Å²) in [7, 11) is 0. The van der Waals surface area contributed by atoms with Crippen LogP contribution in [0.15, 0.2) is 12.1 Å². The Morgan fingerprint density at radius 2 is 2.06 bits per heavy atom. The first-order chi connectivity index (χ1) is 8.04. The molecular formula is C15H20O2. The number of fused-ring (bicyclic) bond motifs is 3. The van der Waals surface area contributed by atoms with Crippen LogP contribution in [-0.4, -0.2) is 16.3 Å². The topological polar surface area (TPSA) is 40.5 Å². The van der Waals surface area contributed by atoms with Gasteiger partial charge >= 0.3 is 0 Å². The number of aliphatic hydroxyl groups is 1. The summed E-state index contributed by atoms with van der Waals surface area (Å²) in [5.41, 5.74) is 3.77. The van der Waals surface area contributed by atoms with Crippen LogP contribution in [0.1, 0.15) is 48.8 Å². The molecule has 3 atom stereocenters. The van der Waals surface area contributed by atoms with Gasteiger partial charge in [0.25, 0.3) is 0 Å². The van der Waals surface area contributed by atoms with Crippen LogP contribution in [0, 0.1) is 12.3 Å². The fourth-order valence-corrected chi connectivity index (χ4v) is 3.89. The molecule has 0 aliphatic heterocycles. The van der Waals surface area contributed by atoms with Crippen molar-refractivity contribution < 1.29 is 10.2 Å². The highest BCUT2D eigenvalue weighted by atomic mass is 16.3. The smallest absolute Gasteiger partial charge is 0.118 e. The number of rotatable bonds is 0. The Morgan fingerprint density at radius 1 is 1.29 bits per heavy atom. The lowest BCUT2D eigenvalue weighted by atomic mass is 9.65. The van der Waals surface area contributed by atoms with Crippen molar-refractivity contribution in [3.8, 4) is 5.75 Å². The SMILES string of the molecule is Cc1c(O)ccc2c1CCC1(C)C(O)CCC21. The van der Waals surface area contributed by atoms with Gasteiger partial charge < -0.3 is 10.2 Å². The van der Waals surface area contributed by atoms with E-state index in [0.29, 0.717) is 11.7 Å². The van der Waals surface area contributed by atoms with Crippen LogP contribution < -0.4 is 0 Å². The van der Waals surface area contributed by atoms with E-state index in [-0.39, 0.29) is 11.5 Å². The quantitative estimate of drug-likeness (QED) is 0.722. The lowest BCUT2D eigenvalue weighted by Crippen LogP contribution is -2.35. The van der Waals surface area contributed by atoms with E-state index in [1.54, 1.807) is 0 Å². The summed E-state index contributed by atoms with van der Waals surface area (Å²) in [5.74, 6) is 0.881. The fraction of sp³-hybridized carbons (Fsp3) is 0.600. The number of phenolic OH excluding ortho intramolecular Hbond substituents is 1. The Bertz CT molecular complexity index is 466. The predicted molar refractivity (Wildman–Crippen MR) is 67.3 cm³/mol. The van der Waals surface area contributed by atoms with Crippen LogP contribution in [-0.2, 0) is 6.42 Å². The zero-order valence-corrected chi connectivity index (χ0v) is 10.5. The van der Waals surface area contributed by atoms with Gasteiger partial charge in [0, 0.05) is 5.41 Å². The highest BCUT2D eigenvalue weighted by Gasteiger charge is 2.49. The zero-order valence-electron chi connectivity index (χ0n) is 10.5. The number of hydrogen-bond acceptors (Lipinski definition) is 2. The molecule has 17 heavy (non-hydrogen) atoms. The average Bonchev–Trinajstić information content (AvgIpc) is 2.61. The van der Waals surface area contributed by atoms with Crippen molar-refractivity contribution >= 4 is 0 Å². The van der Waals surface area contributed by atoms with Crippen molar-refractivity contribution in [2.75, 3.05) is 0 Å². The maximum atomic E-state index is 10.2. The number of aromatic hydroxyl groups is 1. The Morgan fingerprint density at radius 3 is 2.82 bits per heavy atom. The number of benzene rings is 1. The van der Waals surface area contributed by atoms with Crippen LogP contribution in [0.4, 0.5) is 0 Å². The van der Waals surface area contributed by atoms with Crippen LogP contribution in [0.2, 0.25) is 0 Å². The van der Waals surface area contributed by atoms with E-state index in [1.807, 2.05) is 13.0 Å². The lowest BCUT2D eigenvalue weighted by molar-refractivity contribution is 0.0456. The molecular weight excluding hydrogens is 212 g/mol. The maximum absolute atomic E-state index is 10.2. The van der Waals surface area contributed by atoms with E-state index in [9.17, 15) is 10.2 Å². The van der Waals surface area contributed by atoms with E-state index in [4.69, 9.17) is 0 Å². The zero-order chi connectivity index (χ0) is 12.2. The maximum Gasteiger partial charge on any atom is 0.118 e. The lowest BCUT2D eigenvalue weighted by Gasteiger charge is -2.40. The summed E-state index contributed by atoms with van der Waals surface area (Å²) in [5, 5.41) is 20.0. The number of hydrogen-bond donors (Lipinski definition) is 2. The molecule has 0 radical (unpaired) electrons. The Labute approximate surface area is 102 Å². The third-order valence-electron chi connectivity index (χ3n) is 5.18. The highest BCUT2D eigenvalue weighted by Crippen LogP contribution is 2.56. The van der Waals surface area contributed by atoms with Gasteiger partial charge in [-0.2, -0.15) is 0 Å². The van der Waals surface area contributed by atoms with Crippen molar-refractivity contribution in [2.24, 2.45) is 5.41 Å². The van der Waals surface area contributed by atoms with Crippen molar-refractivity contribution in [3.05, 3.63) is 28.8 Å². The molecule has 0 heterocycles. The van der Waals surface area contributed by atoms with Gasteiger partial charge in [0.1, 0.15) is 5.75 Å². The minimum atomic E-state index is -0.158. The van der Waals surface area contributed by atoms with Gasteiger partial charge in [0.05, 0.1) is 6.10 Å². The van der Waals surface area contributed by atoms with E-state index >= 15 is 0 Å². The van der Waals surface area contributed by atoms with Crippen LogP contribution in [0.5, 0.6) is 5.75 Å². The van der Waals surface area contributed by atoms with E-state index in [0.717, 1.165) is 31.2 Å². The van der Waals surface area contributed by atoms with Crippen molar-refractivity contribution in [1.82, 2.24) is 0 Å². The summed E-state index contributed by atoms with van der Waals surface area (Å²) in [6, 6.07) is 3.88. The molecule has 0 bridgehead atoms. The third-order valence-corrected chi connectivity index (χ3v) is 5.18. The standard InChI is InChI=1S/C15H20O2/c1-9-10-7-8-15(2)12(4-6-14(15)17)11(10)3-5-13(9)16/h3,5,12,14,16-17H,4,6-8H2,1-2H3. The Kier molecular flexibility index (Phi) is 2.27. The molecule has 0 saturated heterocycles. The van der Waals surface area contributed by atoms with Gasteiger partial charge in [0.2, 0.25) is 0 Å². The largest absolute Gasteiger partial charge is 0.508 e. The van der Waals surface area contributed by atoms with Crippen LogP contribution >= 0.6 is 0 Å². The van der Waals surface area contributed by atoms with Crippen LogP contribution in [0.3, 0.4) is 0 Å². The third kappa shape index (κ3) is 1.37. The van der Waals surface area contributed by atoms with Crippen molar-refractivity contribution in [2.45, 2.75) is 51.6 Å². The molecule has 2 heteroatoms. The second-order valence-electron chi connectivity index (χ2n) is 5.93. The summed E-state index contributed by atoms with van der Waals surface area (Å²) in [6.45, 7) is 4.22. The molecule has 1 aromatic rings. The van der Waals surface area contributed by atoms with Gasteiger partial charge in [-0.15, -0.1) is 0 Å². The molecule has 3 unspecified atom stereocenters. The second-order valence-corrected chi connectivity index (χ2v) is 5.93. The molecule has 3 rings (SSSR count). The number of aliphatic hydroxyl groups excluding tert-OH is 1. The molecule has 0 spiro atoms. The molecule has 2 aliphatic rings. The first-order valence-corrected chi connectivity index (χ1v) is 6.53. The first-order valence-electron chi connectivity index (χ1n) is 6.53. The first kappa shape index (κ1) is 11.1. The molecule has 92 valence electrons. The van der Waals surface area contributed by atoms with Gasteiger partial charge in [-0.05, 0) is 61.3 Å². The molecule has 1 aromatic carbocycles. The van der Waals surface area contributed by atoms with Gasteiger partial charge in [-0.3, -0.25) is 0 Å². The summed E-state index contributed by atoms with van der Waals surface area (Å²) in [6.07, 6.45) is 3.86.